The van der Waals surface area contributed by atoms with Gasteiger partial charge in [0.1, 0.15) is 0 Å². The third kappa shape index (κ3) is 5.63. The second-order valence-corrected chi connectivity index (χ2v) is 5.63. The molecule has 138 valence electrons. The van der Waals surface area contributed by atoms with Crippen molar-refractivity contribution in [2.45, 2.75) is 13.5 Å². The van der Waals surface area contributed by atoms with Crippen LogP contribution in [0.1, 0.15) is 18.1 Å². The first-order valence-electron chi connectivity index (χ1n) is 8.17. The standard InChI is InChI=1S/C19H23N3O3S/c1-4-25-18-16(23-2)10-15(11-17(18)24-3)13-21-22-19(26)20-12-14-8-6-5-7-9-14/h5-11,13H,4,12H2,1-3H3,(H2,20,22,26)/b21-13-. The smallest absolute Gasteiger partial charge is 0.203 e. The van der Waals surface area contributed by atoms with Crippen molar-refractivity contribution in [1.29, 1.82) is 0 Å². The van der Waals surface area contributed by atoms with Gasteiger partial charge in [-0.05, 0) is 36.8 Å². The normalized spacial score (nSPS) is 10.4. The Kier molecular flexibility index (Phi) is 7.70. The number of ether oxygens (including phenoxy) is 3. The highest BCUT2D eigenvalue weighted by atomic mass is 32.1. The molecule has 0 fully saturated rings. The van der Waals surface area contributed by atoms with Crippen LogP contribution < -0.4 is 25.0 Å². The summed E-state index contributed by atoms with van der Waals surface area (Å²) in [4.78, 5) is 0. The first kappa shape index (κ1) is 19.5. The molecule has 0 bridgehead atoms. The highest BCUT2D eigenvalue weighted by Gasteiger charge is 2.13. The van der Waals surface area contributed by atoms with Crippen LogP contribution in [0.4, 0.5) is 0 Å². The Morgan fingerprint density at radius 2 is 1.77 bits per heavy atom. The van der Waals surface area contributed by atoms with Gasteiger partial charge in [-0.15, -0.1) is 0 Å². The first-order chi connectivity index (χ1) is 12.7. The molecule has 0 unspecified atom stereocenters. The Labute approximate surface area is 159 Å². The number of methoxy groups -OCH3 is 2. The van der Waals surface area contributed by atoms with E-state index in [1.54, 1.807) is 20.4 Å². The van der Waals surface area contributed by atoms with Crippen molar-refractivity contribution in [3.8, 4) is 17.2 Å². The fourth-order valence-electron chi connectivity index (χ4n) is 2.24. The van der Waals surface area contributed by atoms with Gasteiger partial charge in [0.15, 0.2) is 16.6 Å². The van der Waals surface area contributed by atoms with Crippen molar-refractivity contribution in [2.24, 2.45) is 5.10 Å². The van der Waals surface area contributed by atoms with Crippen LogP contribution in [0, 0.1) is 0 Å². The molecule has 0 amide bonds. The largest absolute Gasteiger partial charge is 0.493 e. The van der Waals surface area contributed by atoms with E-state index >= 15 is 0 Å². The molecule has 26 heavy (non-hydrogen) atoms. The monoisotopic (exact) mass is 373 g/mol. The van der Waals surface area contributed by atoms with E-state index in [0.717, 1.165) is 11.1 Å². The van der Waals surface area contributed by atoms with E-state index in [2.05, 4.69) is 15.8 Å². The number of hydrogen-bond acceptors (Lipinski definition) is 5. The van der Waals surface area contributed by atoms with E-state index < -0.39 is 0 Å². The molecule has 0 saturated heterocycles. The van der Waals surface area contributed by atoms with Crippen LogP contribution in [0.25, 0.3) is 0 Å². The number of thiocarbonyl (C=S) groups is 1. The molecule has 0 radical (unpaired) electrons. The lowest BCUT2D eigenvalue weighted by Gasteiger charge is -2.14. The molecular formula is C19H23N3O3S. The Morgan fingerprint density at radius 1 is 1.12 bits per heavy atom. The zero-order valence-corrected chi connectivity index (χ0v) is 15.9. The zero-order chi connectivity index (χ0) is 18.8. The minimum Gasteiger partial charge on any atom is -0.493 e. The second kappa shape index (κ2) is 10.2. The minimum atomic E-state index is 0.440. The molecule has 2 N–H and O–H groups in total. The van der Waals surface area contributed by atoms with Crippen molar-refractivity contribution in [3.63, 3.8) is 0 Å². The van der Waals surface area contributed by atoms with Gasteiger partial charge in [-0.2, -0.15) is 5.10 Å². The Balaban J connectivity index is 1.97. The predicted molar refractivity (Wildman–Crippen MR) is 107 cm³/mol. The van der Waals surface area contributed by atoms with Crippen molar-refractivity contribution in [3.05, 3.63) is 53.6 Å². The number of nitrogens with zero attached hydrogens (tertiary/aromatic N) is 1. The van der Waals surface area contributed by atoms with Gasteiger partial charge in [-0.1, -0.05) is 30.3 Å². The van der Waals surface area contributed by atoms with Crippen LogP contribution in [-0.4, -0.2) is 32.2 Å². The summed E-state index contributed by atoms with van der Waals surface area (Å²) in [5, 5.41) is 7.68. The highest BCUT2D eigenvalue weighted by Crippen LogP contribution is 2.38. The number of rotatable bonds is 8. The highest BCUT2D eigenvalue weighted by molar-refractivity contribution is 7.80. The molecule has 7 heteroatoms. The predicted octanol–water partition coefficient (Wildman–Crippen LogP) is 3.10. The summed E-state index contributed by atoms with van der Waals surface area (Å²) in [6, 6.07) is 13.6. The third-order valence-corrected chi connectivity index (χ3v) is 3.68. The molecule has 0 aromatic heterocycles. The lowest BCUT2D eigenvalue weighted by Crippen LogP contribution is -2.31. The average molecular weight is 373 g/mol. The van der Waals surface area contributed by atoms with Crippen LogP contribution in [0.15, 0.2) is 47.6 Å². The lowest BCUT2D eigenvalue weighted by molar-refractivity contribution is 0.288. The van der Waals surface area contributed by atoms with E-state index in [9.17, 15) is 0 Å². The maximum absolute atomic E-state index is 5.58. The molecule has 0 heterocycles. The Bertz CT molecular complexity index is 726. The van der Waals surface area contributed by atoms with Crippen LogP contribution in [-0.2, 0) is 6.54 Å². The molecule has 0 spiro atoms. The molecule has 2 aromatic carbocycles. The van der Waals surface area contributed by atoms with Crippen LogP contribution in [0.2, 0.25) is 0 Å². The van der Waals surface area contributed by atoms with Gasteiger partial charge in [0, 0.05) is 12.1 Å². The topological polar surface area (TPSA) is 64.1 Å². The van der Waals surface area contributed by atoms with Gasteiger partial charge in [0.25, 0.3) is 0 Å². The van der Waals surface area contributed by atoms with E-state index in [0.29, 0.717) is 35.5 Å². The molecular weight excluding hydrogens is 350 g/mol. The van der Waals surface area contributed by atoms with E-state index in [1.165, 1.54) is 0 Å². The van der Waals surface area contributed by atoms with Crippen LogP contribution in [0.5, 0.6) is 17.2 Å². The summed E-state index contributed by atoms with van der Waals surface area (Å²) in [6.07, 6.45) is 1.64. The Hall–Kier alpha value is -2.80. The quantitative estimate of drug-likeness (QED) is 0.421. The van der Waals surface area contributed by atoms with Gasteiger partial charge >= 0.3 is 0 Å². The lowest BCUT2D eigenvalue weighted by atomic mass is 10.2. The van der Waals surface area contributed by atoms with Gasteiger partial charge in [0.05, 0.1) is 27.0 Å². The van der Waals surface area contributed by atoms with Crippen LogP contribution >= 0.6 is 12.2 Å². The summed E-state index contributed by atoms with van der Waals surface area (Å²) < 4.78 is 16.3. The van der Waals surface area contributed by atoms with E-state index in [4.69, 9.17) is 26.4 Å². The molecule has 2 aromatic rings. The third-order valence-electron chi connectivity index (χ3n) is 3.45. The van der Waals surface area contributed by atoms with Gasteiger partial charge in [0.2, 0.25) is 5.75 Å². The van der Waals surface area contributed by atoms with Gasteiger partial charge < -0.3 is 19.5 Å². The van der Waals surface area contributed by atoms with Crippen molar-refractivity contribution < 1.29 is 14.2 Å². The molecule has 0 saturated carbocycles. The molecule has 0 atom stereocenters. The van der Waals surface area contributed by atoms with Crippen LogP contribution in [0.3, 0.4) is 0 Å². The summed E-state index contributed by atoms with van der Waals surface area (Å²) >= 11 is 5.22. The molecule has 6 nitrogen and oxygen atoms in total. The zero-order valence-electron chi connectivity index (χ0n) is 15.1. The van der Waals surface area contributed by atoms with Crippen molar-refractivity contribution in [2.75, 3.05) is 20.8 Å². The maximum Gasteiger partial charge on any atom is 0.203 e. The van der Waals surface area contributed by atoms with E-state index in [-0.39, 0.29) is 0 Å². The van der Waals surface area contributed by atoms with Crippen molar-refractivity contribution >= 4 is 23.5 Å². The molecule has 2 rings (SSSR count). The SMILES string of the molecule is CCOc1c(OC)cc(/C=N\NC(=S)NCc2ccccc2)cc1OC. The fraction of sp³-hybridized carbons (Fsp3) is 0.263. The second-order valence-electron chi connectivity index (χ2n) is 5.23. The molecule has 0 aliphatic rings. The fourth-order valence-corrected chi connectivity index (χ4v) is 2.37. The van der Waals surface area contributed by atoms with E-state index in [1.807, 2.05) is 49.4 Å². The summed E-state index contributed by atoms with van der Waals surface area (Å²) in [5.41, 5.74) is 4.73. The summed E-state index contributed by atoms with van der Waals surface area (Å²) in [5.74, 6) is 1.73. The number of nitrogens with one attached hydrogen (secondary N) is 2. The minimum absolute atomic E-state index is 0.440. The van der Waals surface area contributed by atoms with Gasteiger partial charge in [-0.3, -0.25) is 5.43 Å². The number of hydrogen-bond donors (Lipinski definition) is 2. The molecule has 0 aliphatic heterocycles. The summed E-state index contributed by atoms with van der Waals surface area (Å²) in [6.45, 7) is 3.05. The summed E-state index contributed by atoms with van der Waals surface area (Å²) in [7, 11) is 3.16. The van der Waals surface area contributed by atoms with Gasteiger partial charge in [-0.25, -0.2) is 0 Å². The molecule has 0 aliphatic carbocycles. The maximum atomic E-state index is 5.58. The number of hydrazone groups is 1. The first-order valence-corrected chi connectivity index (χ1v) is 8.58. The van der Waals surface area contributed by atoms with Crippen molar-refractivity contribution in [1.82, 2.24) is 10.7 Å². The number of benzene rings is 2. The Morgan fingerprint density at radius 3 is 2.35 bits per heavy atom. The average Bonchev–Trinajstić information content (AvgIpc) is 2.68.